The number of nitrogens with zero attached hydrogens (tertiary/aromatic N) is 2. The van der Waals surface area contributed by atoms with Gasteiger partial charge in [-0.3, -0.25) is 0 Å². The molecule has 0 amide bonds. The van der Waals surface area contributed by atoms with Gasteiger partial charge in [-0.05, 0) is 11.8 Å². The molecule has 0 fully saturated rings. The van der Waals surface area contributed by atoms with Crippen molar-refractivity contribution in [3.63, 3.8) is 0 Å². The maximum atomic E-state index is 5.79. The molecule has 2 unspecified atom stereocenters. The zero-order chi connectivity index (χ0) is 11.8. The summed E-state index contributed by atoms with van der Waals surface area (Å²) in [4.78, 5) is 4.43. The summed E-state index contributed by atoms with van der Waals surface area (Å²) in [5.74, 6) is 1.69. The van der Waals surface area contributed by atoms with E-state index in [0.29, 0.717) is 5.89 Å². The molecule has 0 spiro atoms. The van der Waals surface area contributed by atoms with E-state index in [2.05, 4.69) is 37.0 Å². The van der Waals surface area contributed by atoms with E-state index < -0.39 is 0 Å². The molecule has 1 aliphatic rings. The lowest BCUT2D eigenvalue weighted by Crippen LogP contribution is -2.14. The summed E-state index contributed by atoms with van der Waals surface area (Å²) in [7, 11) is 0. The molecule has 0 radical (unpaired) electrons. The highest BCUT2D eigenvalue weighted by Crippen LogP contribution is 2.27. The van der Waals surface area contributed by atoms with Gasteiger partial charge in [-0.2, -0.15) is 4.98 Å². The molecular formula is C12H19N3O. The third kappa shape index (κ3) is 2.70. The van der Waals surface area contributed by atoms with Gasteiger partial charge in [-0.25, -0.2) is 0 Å². The molecular weight excluding hydrogens is 202 g/mol. The van der Waals surface area contributed by atoms with Crippen molar-refractivity contribution in [3.8, 4) is 0 Å². The lowest BCUT2D eigenvalue weighted by Gasteiger charge is -2.14. The molecule has 0 saturated heterocycles. The van der Waals surface area contributed by atoms with Crippen LogP contribution >= 0.6 is 0 Å². The summed E-state index contributed by atoms with van der Waals surface area (Å²) < 4.78 is 5.27. The zero-order valence-corrected chi connectivity index (χ0v) is 10.1. The second-order valence-corrected chi connectivity index (χ2v) is 5.68. The Labute approximate surface area is 95.9 Å². The van der Waals surface area contributed by atoms with Crippen LogP contribution in [0.3, 0.4) is 0 Å². The van der Waals surface area contributed by atoms with Gasteiger partial charge in [0.1, 0.15) is 0 Å². The second kappa shape index (κ2) is 4.01. The maximum Gasteiger partial charge on any atom is 0.233 e. The average molecular weight is 221 g/mol. The predicted molar refractivity (Wildman–Crippen MR) is 61.9 cm³/mol. The number of rotatable bonds is 2. The molecule has 2 N–H and O–H groups in total. The van der Waals surface area contributed by atoms with Gasteiger partial charge in [0.05, 0.1) is 5.92 Å². The molecule has 0 aromatic carbocycles. The van der Waals surface area contributed by atoms with Gasteiger partial charge < -0.3 is 10.3 Å². The highest BCUT2D eigenvalue weighted by molar-refractivity contribution is 5.15. The van der Waals surface area contributed by atoms with Gasteiger partial charge in [0, 0.05) is 12.5 Å². The van der Waals surface area contributed by atoms with E-state index in [9.17, 15) is 0 Å². The van der Waals surface area contributed by atoms with E-state index in [-0.39, 0.29) is 17.4 Å². The molecule has 0 saturated carbocycles. The van der Waals surface area contributed by atoms with E-state index in [4.69, 9.17) is 10.3 Å². The van der Waals surface area contributed by atoms with Crippen LogP contribution in [0.5, 0.6) is 0 Å². The monoisotopic (exact) mass is 221 g/mol. The molecule has 88 valence electrons. The number of hydrogen-bond donors (Lipinski definition) is 1. The highest BCUT2D eigenvalue weighted by atomic mass is 16.5. The molecule has 2 atom stereocenters. The van der Waals surface area contributed by atoms with Crippen molar-refractivity contribution in [2.75, 3.05) is 0 Å². The van der Waals surface area contributed by atoms with Gasteiger partial charge in [-0.1, -0.05) is 38.1 Å². The molecule has 1 aliphatic carbocycles. The van der Waals surface area contributed by atoms with Crippen molar-refractivity contribution in [1.82, 2.24) is 10.1 Å². The van der Waals surface area contributed by atoms with Crippen molar-refractivity contribution in [2.45, 2.75) is 45.6 Å². The van der Waals surface area contributed by atoms with Crippen LogP contribution in [0.1, 0.15) is 44.8 Å². The largest absolute Gasteiger partial charge is 0.339 e. The van der Waals surface area contributed by atoms with Crippen molar-refractivity contribution in [1.29, 1.82) is 0 Å². The Kier molecular flexibility index (Phi) is 2.84. The first-order chi connectivity index (χ1) is 7.44. The van der Waals surface area contributed by atoms with Crippen molar-refractivity contribution in [3.05, 3.63) is 23.9 Å². The topological polar surface area (TPSA) is 64.9 Å². The number of nitrogens with two attached hydrogens (primary N) is 1. The van der Waals surface area contributed by atoms with Crippen LogP contribution in [0, 0.1) is 5.41 Å². The summed E-state index contributed by atoms with van der Waals surface area (Å²) in [6, 6.07) is 0.128. The first kappa shape index (κ1) is 11.3. The Hall–Kier alpha value is -1.16. The molecule has 1 heterocycles. The second-order valence-electron chi connectivity index (χ2n) is 5.68. The van der Waals surface area contributed by atoms with Crippen LogP contribution in [-0.4, -0.2) is 16.2 Å². The lowest BCUT2D eigenvalue weighted by molar-refractivity contribution is 0.346. The number of aromatic nitrogens is 2. The number of hydrogen-bond acceptors (Lipinski definition) is 4. The summed E-state index contributed by atoms with van der Waals surface area (Å²) in [6.45, 7) is 6.48. The smallest absolute Gasteiger partial charge is 0.233 e. The van der Waals surface area contributed by atoms with Gasteiger partial charge in [0.15, 0.2) is 5.82 Å². The Morgan fingerprint density at radius 1 is 1.44 bits per heavy atom. The molecule has 4 heteroatoms. The first-order valence-electron chi connectivity index (χ1n) is 5.70. The Balaban J connectivity index is 2.06. The minimum absolute atomic E-state index is 0.128. The highest BCUT2D eigenvalue weighted by Gasteiger charge is 2.24. The van der Waals surface area contributed by atoms with Crippen molar-refractivity contribution < 1.29 is 4.52 Å². The number of allylic oxidation sites excluding steroid dienone is 1. The third-order valence-electron chi connectivity index (χ3n) is 2.61. The Morgan fingerprint density at radius 2 is 2.19 bits per heavy atom. The summed E-state index contributed by atoms with van der Waals surface area (Å²) in [5.41, 5.74) is 5.98. The quantitative estimate of drug-likeness (QED) is 0.776. The normalized spacial score (nSPS) is 25.2. The van der Waals surface area contributed by atoms with Gasteiger partial charge in [0.2, 0.25) is 5.89 Å². The van der Waals surface area contributed by atoms with Gasteiger partial charge >= 0.3 is 0 Å². The lowest BCUT2D eigenvalue weighted by atomic mass is 9.92. The predicted octanol–water partition coefficient (Wildman–Crippen LogP) is 2.03. The SMILES string of the molecule is CC(C)(C)Cc1noc(C2C=CC(N)C2)n1. The van der Waals surface area contributed by atoms with E-state index in [1.165, 1.54) is 0 Å². The van der Waals surface area contributed by atoms with Crippen molar-refractivity contribution >= 4 is 0 Å². The molecule has 4 nitrogen and oxygen atoms in total. The third-order valence-corrected chi connectivity index (χ3v) is 2.61. The molecule has 1 aromatic rings. The fourth-order valence-electron chi connectivity index (χ4n) is 1.87. The molecule has 1 aromatic heterocycles. The van der Waals surface area contributed by atoms with Crippen LogP contribution in [0.25, 0.3) is 0 Å². The Bertz CT molecular complexity index is 389. The van der Waals surface area contributed by atoms with Crippen LogP contribution in [-0.2, 0) is 6.42 Å². The fourth-order valence-corrected chi connectivity index (χ4v) is 1.87. The van der Waals surface area contributed by atoms with Gasteiger partial charge in [-0.15, -0.1) is 0 Å². The molecule has 16 heavy (non-hydrogen) atoms. The van der Waals surface area contributed by atoms with E-state index in [1.807, 2.05) is 6.08 Å². The van der Waals surface area contributed by atoms with Crippen LogP contribution in [0.15, 0.2) is 16.7 Å². The first-order valence-corrected chi connectivity index (χ1v) is 5.70. The van der Waals surface area contributed by atoms with E-state index in [1.54, 1.807) is 0 Å². The summed E-state index contributed by atoms with van der Waals surface area (Å²) in [6.07, 6.45) is 5.76. The maximum absolute atomic E-state index is 5.79. The van der Waals surface area contributed by atoms with Gasteiger partial charge in [0.25, 0.3) is 0 Å². The fraction of sp³-hybridized carbons (Fsp3) is 0.667. The molecule has 2 rings (SSSR count). The van der Waals surface area contributed by atoms with Crippen molar-refractivity contribution in [2.24, 2.45) is 11.1 Å². The molecule has 0 aliphatic heterocycles. The van der Waals surface area contributed by atoms with Crippen LogP contribution < -0.4 is 5.73 Å². The Morgan fingerprint density at radius 3 is 2.75 bits per heavy atom. The molecule has 0 bridgehead atoms. The van der Waals surface area contributed by atoms with E-state index >= 15 is 0 Å². The van der Waals surface area contributed by atoms with Crippen LogP contribution in [0.4, 0.5) is 0 Å². The average Bonchev–Trinajstić information content (AvgIpc) is 2.71. The standard InChI is InChI=1S/C12H19N3O/c1-12(2,3)7-10-14-11(16-15-10)8-4-5-9(13)6-8/h4-5,8-9H,6-7,13H2,1-3H3. The zero-order valence-electron chi connectivity index (χ0n) is 10.1. The van der Waals surface area contributed by atoms with Crippen LogP contribution in [0.2, 0.25) is 0 Å². The minimum atomic E-state index is 0.128. The van der Waals surface area contributed by atoms with E-state index in [0.717, 1.165) is 18.7 Å². The summed E-state index contributed by atoms with van der Waals surface area (Å²) in [5, 5.41) is 4.01. The minimum Gasteiger partial charge on any atom is -0.339 e. The summed E-state index contributed by atoms with van der Waals surface area (Å²) >= 11 is 0.